The van der Waals surface area contributed by atoms with Crippen LogP contribution >= 0.6 is 0 Å². The Kier molecular flexibility index (Phi) is 4.39. The van der Waals surface area contributed by atoms with Crippen LogP contribution in [0.5, 0.6) is 0 Å². The van der Waals surface area contributed by atoms with Crippen molar-refractivity contribution >= 4 is 16.7 Å². The molecule has 5 heteroatoms. The van der Waals surface area contributed by atoms with Gasteiger partial charge in [0.15, 0.2) is 0 Å². The molecule has 0 bridgehead atoms. The van der Waals surface area contributed by atoms with Gasteiger partial charge in [0, 0.05) is 0 Å². The van der Waals surface area contributed by atoms with Crippen molar-refractivity contribution in [1.82, 2.24) is 4.98 Å². The number of hydrogen-bond donors (Lipinski definition) is 3. The van der Waals surface area contributed by atoms with Crippen molar-refractivity contribution in [3.05, 3.63) is 66.2 Å². The normalized spacial score (nSPS) is 12.4. The lowest BCUT2D eigenvalue weighted by Crippen LogP contribution is -2.40. The first kappa shape index (κ1) is 15.2. The molecule has 0 saturated heterocycles. The average molecular weight is 310 g/mol. The zero-order valence-electron chi connectivity index (χ0n) is 12.8. The van der Waals surface area contributed by atoms with Gasteiger partial charge in [0.1, 0.15) is 12.2 Å². The Balaban J connectivity index is 1.78. The molecule has 3 aromatic rings. The van der Waals surface area contributed by atoms with Gasteiger partial charge in [-0.1, -0.05) is 42.5 Å². The smallest absolute Gasteiger partial charge is 0.292 e. The lowest BCUT2D eigenvalue weighted by Gasteiger charge is -2.12. The number of nitrogens with two attached hydrogens (primary N) is 1. The summed E-state index contributed by atoms with van der Waals surface area (Å²) in [5, 5.41) is 12.1. The van der Waals surface area contributed by atoms with Gasteiger partial charge in [-0.15, -0.1) is 0 Å². The highest BCUT2D eigenvalue weighted by Gasteiger charge is 2.19. The van der Waals surface area contributed by atoms with E-state index in [1.807, 2.05) is 16.7 Å². The molecule has 0 aliphatic heterocycles. The summed E-state index contributed by atoms with van der Waals surface area (Å²) in [6.07, 6.45) is 4.93. The SMILES string of the molecule is NC(=O)c1c[n+]([C@@H](CO)CCc2cccc3ccccc23)c[nH]1. The minimum atomic E-state index is -0.505. The number of fused-ring (bicyclic) bond motifs is 1. The fourth-order valence-corrected chi connectivity index (χ4v) is 2.88. The molecule has 1 aromatic heterocycles. The van der Waals surface area contributed by atoms with E-state index >= 15 is 0 Å². The van der Waals surface area contributed by atoms with Gasteiger partial charge < -0.3 is 10.8 Å². The van der Waals surface area contributed by atoms with E-state index in [0.717, 1.165) is 12.8 Å². The number of H-pyrrole nitrogens is 1. The number of carbonyl (C=O) groups is 1. The van der Waals surface area contributed by atoms with E-state index in [2.05, 4.69) is 35.3 Å². The molecular weight excluding hydrogens is 290 g/mol. The van der Waals surface area contributed by atoms with Gasteiger partial charge in [-0.25, -0.2) is 9.55 Å². The number of aryl methyl sites for hydroxylation is 1. The summed E-state index contributed by atoms with van der Waals surface area (Å²) in [5.74, 6) is -0.505. The number of amides is 1. The van der Waals surface area contributed by atoms with Gasteiger partial charge in [0.05, 0.1) is 6.61 Å². The molecule has 0 fully saturated rings. The highest BCUT2D eigenvalue weighted by Crippen LogP contribution is 2.21. The molecule has 23 heavy (non-hydrogen) atoms. The number of carbonyl (C=O) groups excluding carboxylic acids is 1. The highest BCUT2D eigenvalue weighted by atomic mass is 16.3. The summed E-state index contributed by atoms with van der Waals surface area (Å²) in [4.78, 5) is 14.0. The highest BCUT2D eigenvalue weighted by molar-refractivity contribution is 5.90. The first-order chi connectivity index (χ1) is 11.2. The monoisotopic (exact) mass is 310 g/mol. The quantitative estimate of drug-likeness (QED) is 0.606. The standard InChI is InChI=1S/C18H19N3O2/c19-18(23)17-10-21(12-20-17)15(11-22)9-8-14-6-3-5-13-4-1-2-7-16(13)14/h1-7,10,12,15,22H,8-9,11H2,(H2,19,23)/p+1/t15-/m1/s1. The summed E-state index contributed by atoms with van der Waals surface area (Å²) in [7, 11) is 0. The molecule has 4 N–H and O–H groups in total. The van der Waals surface area contributed by atoms with Crippen LogP contribution in [0, 0.1) is 0 Å². The van der Waals surface area contributed by atoms with Gasteiger partial charge in [-0.3, -0.25) is 4.79 Å². The van der Waals surface area contributed by atoms with E-state index in [1.54, 1.807) is 12.5 Å². The number of aromatic amines is 1. The third kappa shape index (κ3) is 3.24. The van der Waals surface area contributed by atoms with E-state index in [1.165, 1.54) is 16.3 Å². The van der Waals surface area contributed by atoms with Crippen LogP contribution in [0.2, 0.25) is 0 Å². The van der Waals surface area contributed by atoms with Gasteiger partial charge >= 0.3 is 0 Å². The zero-order valence-corrected chi connectivity index (χ0v) is 12.8. The van der Waals surface area contributed by atoms with Crippen molar-refractivity contribution in [1.29, 1.82) is 0 Å². The van der Waals surface area contributed by atoms with Crippen LogP contribution in [0.4, 0.5) is 0 Å². The third-order valence-corrected chi connectivity index (χ3v) is 4.17. The molecular formula is C18H20N3O2+. The topological polar surface area (TPSA) is 83.0 Å². The van der Waals surface area contributed by atoms with Crippen molar-refractivity contribution in [3.63, 3.8) is 0 Å². The van der Waals surface area contributed by atoms with E-state index in [4.69, 9.17) is 5.73 Å². The number of rotatable bonds is 6. The van der Waals surface area contributed by atoms with E-state index < -0.39 is 5.91 Å². The fourth-order valence-electron chi connectivity index (χ4n) is 2.88. The van der Waals surface area contributed by atoms with Crippen LogP contribution in [0.1, 0.15) is 28.5 Å². The number of primary amides is 1. The van der Waals surface area contributed by atoms with Crippen molar-refractivity contribution < 1.29 is 14.5 Å². The summed E-state index contributed by atoms with van der Waals surface area (Å²) in [5.41, 5.74) is 6.85. The Labute approximate surface area is 134 Å². The van der Waals surface area contributed by atoms with Crippen LogP contribution in [0.3, 0.4) is 0 Å². The van der Waals surface area contributed by atoms with Crippen LogP contribution in [0.15, 0.2) is 55.0 Å². The predicted octanol–water partition coefficient (Wildman–Crippen LogP) is 1.72. The number of nitrogens with zero attached hydrogens (tertiary/aromatic N) is 1. The summed E-state index contributed by atoms with van der Waals surface area (Å²) in [6.45, 7) is 0.00544. The summed E-state index contributed by atoms with van der Waals surface area (Å²) < 4.78 is 1.81. The Morgan fingerprint density at radius 3 is 2.74 bits per heavy atom. The van der Waals surface area contributed by atoms with Crippen molar-refractivity contribution in [2.24, 2.45) is 5.73 Å². The number of imidazole rings is 1. The number of nitrogens with one attached hydrogen (secondary N) is 1. The molecule has 3 rings (SSSR count). The molecule has 1 amide bonds. The molecule has 1 heterocycles. The Morgan fingerprint density at radius 2 is 2.00 bits per heavy atom. The van der Waals surface area contributed by atoms with Crippen LogP contribution in [-0.2, 0) is 6.42 Å². The number of hydrogen-bond acceptors (Lipinski definition) is 2. The van der Waals surface area contributed by atoms with Gasteiger partial charge in [-0.05, 0) is 29.2 Å². The molecule has 0 spiro atoms. The van der Waals surface area contributed by atoms with Crippen molar-refractivity contribution in [3.8, 4) is 0 Å². The summed E-state index contributed by atoms with van der Waals surface area (Å²) in [6, 6.07) is 14.5. The van der Waals surface area contributed by atoms with Crippen LogP contribution in [-0.4, -0.2) is 22.6 Å². The molecule has 1 atom stereocenters. The van der Waals surface area contributed by atoms with Crippen LogP contribution < -0.4 is 10.3 Å². The second kappa shape index (κ2) is 6.62. The van der Waals surface area contributed by atoms with Crippen molar-refractivity contribution in [2.45, 2.75) is 18.9 Å². The molecule has 118 valence electrons. The predicted molar refractivity (Wildman–Crippen MR) is 87.9 cm³/mol. The first-order valence-electron chi connectivity index (χ1n) is 7.65. The van der Waals surface area contributed by atoms with Gasteiger partial charge in [-0.2, -0.15) is 0 Å². The van der Waals surface area contributed by atoms with Gasteiger partial charge in [0.25, 0.3) is 5.91 Å². The molecule has 0 saturated carbocycles. The number of aromatic nitrogens is 2. The lowest BCUT2D eigenvalue weighted by molar-refractivity contribution is -0.724. The Hall–Kier alpha value is -2.66. The zero-order chi connectivity index (χ0) is 16.2. The first-order valence-corrected chi connectivity index (χ1v) is 7.65. The minimum absolute atomic E-state index is 0.00544. The number of aliphatic hydroxyl groups excluding tert-OH is 1. The molecule has 2 aromatic carbocycles. The largest absolute Gasteiger partial charge is 0.392 e. The Bertz CT molecular complexity index is 821. The van der Waals surface area contributed by atoms with Crippen molar-refractivity contribution in [2.75, 3.05) is 6.61 Å². The minimum Gasteiger partial charge on any atom is -0.392 e. The van der Waals surface area contributed by atoms with E-state index in [-0.39, 0.29) is 12.6 Å². The number of aliphatic hydroxyl groups is 1. The van der Waals surface area contributed by atoms with Gasteiger partial charge in [0.2, 0.25) is 12.0 Å². The maximum atomic E-state index is 11.2. The van der Waals surface area contributed by atoms with E-state index in [0.29, 0.717) is 5.69 Å². The van der Waals surface area contributed by atoms with Crippen LogP contribution in [0.25, 0.3) is 10.8 Å². The maximum absolute atomic E-state index is 11.2. The Morgan fingerprint density at radius 1 is 1.22 bits per heavy atom. The third-order valence-electron chi connectivity index (χ3n) is 4.17. The second-order valence-electron chi connectivity index (χ2n) is 5.64. The number of benzene rings is 2. The van der Waals surface area contributed by atoms with E-state index in [9.17, 15) is 9.90 Å². The molecule has 0 aliphatic rings. The summed E-state index contributed by atoms with van der Waals surface area (Å²) >= 11 is 0. The molecule has 0 aliphatic carbocycles. The lowest BCUT2D eigenvalue weighted by atomic mass is 9.99. The molecule has 0 unspecified atom stereocenters. The average Bonchev–Trinajstić information content (AvgIpc) is 3.06. The molecule has 5 nitrogen and oxygen atoms in total. The fraction of sp³-hybridized carbons (Fsp3) is 0.222. The second-order valence-corrected chi connectivity index (χ2v) is 5.64. The maximum Gasteiger partial charge on any atom is 0.292 e. The molecule has 0 radical (unpaired) electrons.